The highest BCUT2D eigenvalue weighted by atomic mass is 16.5. The number of anilines is 1. The van der Waals surface area contributed by atoms with E-state index in [1.54, 1.807) is 0 Å². The fourth-order valence-corrected chi connectivity index (χ4v) is 1.72. The molecule has 2 heteroatoms. The summed E-state index contributed by atoms with van der Waals surface area (Å²) in [6.45, 7) is 8.17. The van der Waals surface area contributed by atoms with E-state index in [4.69, 9.17) is 4.74 Å². The molecule has 1 rings (SSSR count). The molecule has 0 fully saturated rings. The standard InChI is InChI=1S/C14H21NO/c1-6-9-14(3,4)16-12-7-8-13(15-5)11(2)10-12/h6-10,15H,1-5H3/b9-6-. The number of hydrogen-bond acceptors (Lipinski definition) is 2. The highest BCUT2D eigenvalue weighted by molar-refractivity contribution is 5.53. The topological polar surface area (TPSA) is 21.3 Å². The molecular weight excluding hydrogens is 198 g/mol. The second-order valence-electron chi connectivity index (χ2n) is 4.43. The maximum Gasteiger partial charge on any atom is 0.121 e. The molecule has 0 aliphatic heterocycles. The highest BCUT2D eigenvalue weighted by Crippen LogP contribution is 2.24. The minimum absolute atomic E-state index is 0.262. The molecule has 1 N–H and O–H groups in total. The van der Waals surface area contributed by atoms with Gasteiger partial charge in [-0.3, -0.25) is 0 Å². The average Bonchev–Trinajstić information content (AvgIpc) is 2.17. The monoisotopic (exact) mass is 219 g/mol. The van der Waals surface area contributed by atoms with Gasteiger partial charge in [-0.15, -0.1) is 0 Å². The Labute approximate surface area is 98.3 Å². The van der Waals surface area contributed by atoms with Crippen molar-refractivity contribution in [1.29, 1.82) is 0 Å². The molecule has 0 heterocycles. The number of aryl methyl sites for hydroxylation is 1. The number of nitrogens with one attached hydrogen (secondary N) is 1. The number of ether oxygens (including phenoxy) is 1. The first kappa shape index (κ1) is 12.6. The smallest absolute Gasteiger partial charge is 0.121 e. The van der Waals surface area contributed by atoms with Crippen LogP contribution < -0.4 is 10.1 Å². The molecule has 2 nitrogen and oxygen atoms in total. The van der Waals surface area contributed by atoms with Crippen molar-refractivity contribution in [2.45, 2.75) is 33.3 Å². The zero-order valence-electron chi connectivity index (χ0n) is 10.8. The maximum absolute atomic E-state index is 5.91. The van der Waals surface area contributed by atoms with Crippen molar-refractivity contribution in [3.63, 3.8) is 0 Å². The molecule has 0 aromatic heterocycles. The van der Waals surface area contributed by atoms with Gasteiger partial charge in [-0.25, -0.2) is 0 Å². The van der Waals surface area contributed by atoms with E-state index in [9.17, 15) is 0 Å². The first-order valence-electron chi connectivity index (χ1n) is 5.60. The minimum atomic E-state index is -0.262. The molecular formula is C14H21NO. The zero-order valence-corrected chi connectivity index (χ0v) is 10.8. The van der Waals surface area contributed by atoms with Gasteiger partial charge in [0.1, 0.15) is 11.4 Å². The Morgan fingerprint density at radius 3 is 2.50 bits per heavy atom. The molecule has 1 aromatic carbocycles. The van der Waals surface area contributed by atoms with Crippen LogP contribution in [-0.4, -0.2) is 12.6 Å². The van der Waals surface area contributed by atoms with Gasteiger partial charge in [0.2, 0.25) is 0 Å². The summed E-state index contributed by atoms with van der Waals surface area (Å²) in [6.07, 6.45) is 4.06. The van der Waals surface area contributed by atoms with E-state index in [-0.39, 0.29) is 5.60 Å². The van der Waals surface area contributed by atoms with Crippen LogP contribution in [0.25, 0.3) is 0 Å². The molecule has 0 unspecified atom stereocenters. The van der Waals surface area contributed by atoms with E-state index in [2.05, 4.69) is 18.3 Å². The molecule has 16 heavy (non-hydrogen) atoms. The Kier molecular flexibility index (Phi) is 3.99. The first-order valence-corrected chi connectivity index (χ1v) is 5.60. The van der Waals surface area contributed by atoms with Gasteiger partial charge in [-0.1, -0.05) is 6.08 Å². The Balaban J connectivity index is 2.87. The molecule has 0 amide bonds. The number of rotatable bonds is 4. The van der Waals surface area contributed by atoms with Crippen LogP contribution in [0.1, 0.15) is 26.3 Å². The summed E-state index contributed by atoms with van der Waals surface area (Å²) in [6, 6.07) is 6.08. The van der Waals surface area contributed by atoms with E-state index in [0.29, 0.717) is 0 Å². The SMILES string of the molecule is C/C=C\C(C)(C)Oc1ccc(NC)c(C)c1. The molecule has 0 radical (unpaired) electrons. The van der Waals surface area contributed by atoms with E-state index >= 15 is 0 Å². The molecule has 0 saturated heterocycles. The lowest BCUT2D eigenvalue weighted by atomic mass is 10.1. The fraction of sp³-hybridized carbons (Fsp3) is 0.429. The van der Waals surface area contributed by atoms with Crippen molar-refractivity contribution in [2.24, 2.45) is 0 Å². The van der Waals surface area contributed by atoms with Gasteiger partial charge in [-0.2, -0.15) is 0 Å². The molecule has 0 saturated carbocycles. The summed E-state index contributed by atoms with van der Waals surface area (Å²) < 4.78 is 5.91. The molecule has 88 valence electrons. The van der Waals surface area contributed by atoms with Crippen molar-refractivity contribution < 1.29 is 4.74 Å². The Morgan fingerprint density at radius 1 is 1.31 bits per heavy atom. The fourth-order valence-electron chi connectivity index (χ4n) is 1.72. The third-order valence-corrected chi connectivity index (χ3v) is 2.42. The molecule has 0 spiro atoms. The van der Waals surface area contributed by atoms with Gasteiger partial charge in [-0.05, 0) is 57.5 Å². The van der Waals surface area contributed by atoms with Gasteiger partial charge in [0.05, 0.1) is 0 Å². The normalized spacial score (nSPS) is 11.8. The van der Waals surface area contributed by atoms with Gasteiger partial charge < -0.3 is 10.1 Å². The third-order valence-electron chi connectivity index (χ3n) is 2.42. The minimum Gasteiger partial charge on any atom is -0.484 e. The average molecular weight is 219 g/mol. The predicted molar refractivity (Wildman–Crippen MR) is 70.2 cm³/mol. The molecule has 0 bridgehead atoms. The number of benzene rings is 1. The van der Waals surface area contributed by atoms with Crippen molar-refractivity contribution in [3.05, 3.63) is 35.9 Å². The van der Waals surface area contributed by atoms with E-state index in [1.807, 2.05) is 52.1 Å². The van der Waals surface area contributed by atoms with Crippen LogP contribution in [0.4, 0.5) is 5.69 Å². The number of hydrogen-bond donors (Lipinski definition) is 1. The van der Waals surface area contributed by atoms with Gasteiger partial charge in [0, 0.05) is 12.7 Å². The molecule has 0 aliphatic carbocycles. The van der Waals surface area contributed by atoms with Gasteiger partial charge >= 0.3 is 0 Å². The molecule has 0 atom stereocenters. The highest BCUT2D eigenvalue weighted by Gasteiger charge is 2.15. The Bertz CT molecular complexity index is 380. The van der Waals surface area contributed by atoms with Crippen LogP contribution in [-0.2, 0) is 0 Å². The van der Waals surface area contributed by atoms with Crippen molar-refractivity contribution >= 4 is 5.69 Å². The maximum atomic E-state index is 5.91. The largest absolute Gasteiger partial charge is 0.484 e. The van der Waals surface area contributed by atoms with Crippen LogP contribution >= 0.6 is 0 Å². The lowest BCUT2D eigenvalue weighted by Gasteiger charge is -2.23. The van der Waals surface area contributed by atoms with Crippen molar-refractivity contribution in [1.82, 2.24) is 0 Å². The van der Waals surface area contributed by atoms with E-state index < -0.39 is 0 Å². The lowest BCUT2D eigenvalue weighted by molar-refractivity contribution is 0.162. The van der Waals surface area contributed by atoms with Gasteiger partial charge in [0.25, 0.3) is 0 Å². The Hall–Kier alpha value is -1.44. The second kappa shape index (κ2) is 5.06. The lowest BCUT2D eigenvalue weighted by Crippen LogP contribution is -2.25. The van der Waals surface area contributed by atoms with Crippen molar-refractivity contribution in [3.8, 4) is 5.75 Å². The van der Waals surface area contributed by atoms with Crippen molar-refractivity contribution in [2.75, 3.05) is 12.4 Å². The second-order valence-corrected chi connectivity index (χ2v) is 4.43. The van der Waals surface area contributed by atoms with E-state index in [1.165, 1.54) is 5.56 Å². The summed E-state index contributed by atoms with van der Waals surface area (Å²) in [4.78, 5) is 0. The van der Waals surface area contributed by atoms with Crippen LogP contribution in [0.5, 0.6) is 5.75 Å². The third kappa shape index (κ3) is 3.30. The predicted octanol–water partition coefficient (Wildman–Crippen LogP) is 3.77. The summed E-state index contributed by atoms with van der Waals surface area (Å²) in [5.74, 6) is 0.902. The summed E-state index contributed by atoms with van der Waals surface area (Å²) in [5.41, 5.74) is 2.06. The van der Waals surface area contributed by atoms with E-state index in [0.717, 1.165) is 11.4 Å². The van der Waals surface area contributed by atoms with Gasteiger partial charge in [0.15, 0.2) is 0 Å². The zero-order chi connectivity index (χ0) is 12.2. The van der Waals surface area contributed by atoms with Crippen LogP contribution in [0, 0.1) is 6.92 Å². The summed E-state index contributed by atoms with van der Waals surface area (Å²) in [7, 11) is 1.92. The quantitative estimate of drug-likeness (QED) is 0.778. The van der Waals surface area contributed by atoms with Crippen LogP contribution in [0.2, 0.25) is 0 Å². The molecule has 1 aromatic rings. The first-order chi connectivity index (χ1) is 7.48. The Morgan fingerprint density at radius 2 is 2.00 bits per heavy atom. The number of allylic oxidation sites excluding steroid dienone is 1. The van der Waals surface area contributed by atoms with Crippen LogP contribution in [0.3, 0.4) is 0 Å². The summed E-state index contributed by atoms with van der Waals surface area (Å²) >= 11 is 0. The van der Waals surface area contributed by atoms with Crippen LogP contribution in [0.15, 0.2) is 30.4 Å². The molecule has 0 aliphatic rings. The summed E-state index contributed by atoms with van der Waals surface area (Å²) in [5, 5.41) is 3.14.